The fraction of sp³-hybridized carbons (Fsp3) is 0.636. The van der Waals surface area contributed by atoms with Crippen LogP contribution in [0.15, 0.2) is 17.1 Å². The highest BCUT2D eigenvalue weighted by Crippen LogP contribution is 2.24. The molecule has 1 saturated heterocycles. The number of fused-ring (bicyclic) bond motifs is 1. The second-order valence-corrected chi connectivity index (χ2v) is 8.85. The highest BCUT2D eigenvalue weighted by atomic mass is 16.2. The van der Waals surface area contributed by atoms with Crippen LogP contribution in [0.3, 0.4) is 0 Å². The van der Waals surface area contributed by atoms with Crippen LogP contribution in [0.25, 0.3) is 0 Å². The average molecular weight is 413 g/mol. The number of carbonyl (C=O) groups excluding carboxylic acids is 1. The van der Waals surface area contributed by atoms with E-state index in [4.69, 9.17) is 0 Å². The summed E-state index contributed by atoms with van der Waals surface area (Å²) in [4.78, 5) is 29.6. The Morgan fingerprint density at radius 3 is 2.87 bits per heavy atom. The molecule has 1 aliphatic heterocycles. The van der Waals surface area contributed by atoms with Crippen molar-refractivity contribution in [2.45, 2.75) is 70.9 Å². The van der Waals surface area contributed by atoms with Crippen molar-refractivity contribution < 1.29 is 4.79 Å². The number of nitrogens with zero attached hydrogens (tertiary/aromatic N) is 5. The number of hydrogen-bond donors (Lipinski definition) is 1. The first-order valence-corrected chi connectivity index (χ1v) is 11.1. The van der Waals surface area contributed by atoms with Crippen molar-refractivity contribution in [2.24, 2.45) is 0 Å². The zero-order valence-electron chi connectivity index (χ0n) is 18.2. The van der Waals surface area contributed by atoms with Gasteiger partial charge in [0.2, 0.25) is 5.91 Å². The van der Waals surface area contributed by atoms with E-state index in [0.29, 0.717) is 13.0 Å². The molecule has 4 rings (SSSR count). The lowest BCUT2D eigenvalue weighted by atomic mass is 9.95. The molecule has 0 aromatic carbocycles. The zero-order chi connectivity index (χ0) is 21.3. The number of nitrogens with one attached hydrogen (secondary N) is 1. The Hall–Kier alpha value is -2.64. The molecule has 0 spiro atoms. The van der Waals surface area contributed by atoms with Crippen molar-refractivity contribution >= 4 is 11.6 Å². The van der Waals surface area contributed by atoms with Gasteiger partial charge in [-0.25, -0.2) is 4.68 Å². The summed E-state index contributed by atoms with van der Waals surface area (Å²) in [7, 11) is 1.96. The summed E-state index contributed by atoms with van der Waals surface area (Å²) in [5.74, 6) is 0.0868. The number of anilines is 1. The molecule has 2 aromatic rings. The van der Waals surface area contributed by atoms with Gasteiger partial charge in [0.25, 0.3) is 5.56 Å². The maximum absolute atomic E-state index is 13.0. The highest BCUT2D eigenvalue weighted by Gasteiger charge is 2.28. The molecule has 0 saturated carbocycles. The van der Waals surface area contributed by atoms with E-state index < -0.39 is 0 Å². The zero-order valence-corrected chi connectivity index (χ0v) is 18.2. The third kappa shape index (κ3) is 4.13. The molecule has 1 atom stereocenters. The van der Waals surface area contributed by atoms with E-state index in [1.807, 2.05) is 16.8 Å². The van der Waals surface area contributed by atoms with Gasteiger partial charge in [-0.15, -0.1) is 0 Å². The molecular weight excluding hydrogens is 380 g/mol. The number of H-pyrrole nitrogens is 1. The molecular formula is C22H32N6O2. The monoisotopic (exact) mass is 412 g/mol. The minimum Gasteiger partial charge on any atom is -0.371 e. The van der Waals surface area contributed by atoms with Gasteiger partial charge in [0.05, 0.1) is 30.0 Å². The molecule has 0 unspecified atom stereocenters. The molecule has 8 nitrogen and oxygen atoms in total. The predicted octanol–water partition coefficient (Wildman–Crippen LogP) is 2.10. The van der Waals surface area contributed by atoms with Gasteiger partial charge in [-0.05, 0) is 57.9 Å². The Kier molecular flexibility index (Phi) is 5.92. The van der Waals surface area contributed by atoms with Crippen molar-refractivity contribution in [2.75, 3.05) is 25.0 Å². The van der Waals surface area contributed by atoms with E-state index in [1.54, 1.807) is 16.9 Å². The van der Waals surface area contributed by atoms with Gasteiger partial charge in [0.1, 0.15) is 0 Å². The minimum absolute atomic E-state index is 0.0818. The molecule has 30 heavy (non-hydrogen) atoms. The third-order valence-electron chi connectivity index (χ3n) is 6.55. The van der Waals surface area contributed by atoms with Crippen LogP contribution in [0.4, 0.5) is 5.69 Å². The van der Waals surface area contributed by atoms with Crippen LogP contribution in [0.2, 0.25) is 0 Å². The molecule has 1 N–H and O–H groups in total. The van der Waals surface area contributed by atoms with Crippen LogP contribution in [0, 0.1) is 0 Å². The number of carbonyl (C=O) groups is 1. The van der Waals surface area contributed by atoms with Gasteiger partial charge in [-0.1, -0.05) is 0 Å². The summed E-state index contributed by atoms with van der Waals surface area (Å²) in [6.07, 6.45) is 8.19. The fourth-order valence-electron chi connectivity index (χ4n) is 4.51. The van der Waals surface area contributed by atoms with Crippen LogP contribution < -0.4 is 10.5 Å². The molecule has 8 heteroatoms. The molecule has 2 aliphatic rings. The first kappa shape index (κ1) is 20.6. The Morgan fingerprint density at radius 1 is 1.30 bits per heavy atom. The number of aromatic amines is 1. The van der Waals surface area contributed by atoms with Crippen LogP contribution in [0.1, 0.15) is 62.5 Å². The van der Waals surface area contributed by atoms with Gasteiger partial charge in [-0.3, -0.25) is 14.7 Å². The quantitative estimate of drug-likeness (QED) is 0.813. The standard InChI is InChI=1S/C22H32N6O2/c1-15(2)26(3)17-11-22(30)28(23-13-17)16-7-6-10-27(14-16)21(29)12-20-18-8-4-5-9-19(18)24-25-20/h11,13,15-16H,4-10,12,14H2,1-3H3,(H,24,25)/t16-/m1/s1. The third-order valence-corrected chi connectivity index (χ3v) is 6.55. The number of rotatable bonds is 5. The Morgan fingerprint density at radius 2 is 2.10 bits per heavy atom. The number of amides is 1. The van der Waals surface area contributed by atoms with E-state index in [2.05, 4.69) is 29.1 Å². The van der Waals surface area contributed by atoms with Crippen LogP contribution in [0.5, 0.6) is 0 Å². The number of likely N-dealkylation sites (tertiary alicyclic amines) is 1. The molecule has 3 heterocycles. The van der Waals surface area contributed by atoms with Crippen LogP contribution >= 0.6 is 0 Å². The van der Waals surface area contributed by atoms with E-state index >= 15 is 0 Å². The average Bonchev–Trinajstić information content (AvgIpc) is 3.16. The van der Waals surface area contributed by atoms with Gasteiger partial charge >= 0.3 is 0 Å². The molecule has 0 radical (unpaired) electrons. The highest BCUT2D eigenvalue weighted by molar-refractivity contribution is 5.79. The SMILES string of the molecule is CC(C)N(C)c1cnn([C@@H]2CCCN(C(=O)Cc3n[nH]c4c3CCCC4)C2)c(=O)c1. The van der Waals surface area contributed by atoms with E-state index in [9.17, 15) is 9.59 Å². The molecule has 1 fully saturated rings. The lowest BCUT2D eigenvalue weighted by Gasteiger charge is -2.33. The summed E-state index contributed by atoms with van der Waals surface area (Å²) in [6, 6.07) is 1.85. The molecule has 1 aliphatic carbocycles. The smallest absolute Gasteiger partial charge is 0.269 e. The first-order valence-electron chi connectivity index (χ1n) is 11.1. The predicted molar refractivity (Wildman–Crippen MR) is 116 cm³/mol. The summed E-state index contributed by atoms with van der Waals surface area (Å²) < 4.78 is 1.55. The van der Waals surface area contributed by atoms with Gasteiger partial charge in [0, 0.05) is 37.9 Å². The molecule has 1 amide bonds. The van der Waals surface area contributed by atoms with Crippen molar-refractivity contribution in [3.63, 3.8) is 0 Å². The molecule has 2 aromatic heterocycles. The number of aromatic nitrogens is 4. The van der Waals surface area contributed by atoms with Crippen molar-refractivity contribution in [1.82, 2.24) is 24.9 Å². The Bertz CT molecular complexity index is 963. The second kappa shape index (κ2) is 8.62. The Balaban J connectivity index is 1.45. The fourth-order valence-corrected chi connectivity index (χ4v) is 4.51. The lowest BCUT2D eigenvalue weighted by molar-refractivity contribution is -0.132. The van der Waals surface area contributed by atoms with E-state index in [0.717, 1.165) is 50.0 Å². The summed E-state index contributed by atoms with van der Waals surface area (Å²) in [6.45, 7) is 5.40. The number of hydrogen-bond acceptors (Lipinski definition) is 5. The summed E-state index contributed by atoms with van der Waals surface area (Å²) >= 11 is 0. The largest absolute Gasteiger partial charge is 0.371 e. The normalized spacial score (nSPS) is 19.1. The number of aryl methyl sites for hydroxylation is 1. The van der Waals surface area contributed by atoms with Crippen LogP contribution in [-0.2, 0) is 24.1 Å². The van der Waals surface area contributed by atoms with Gasteiger partial charge in [0.15, 0.2) is 0 Å². The number of piperidine rings is 1. The maximum atomic E-state index is 13.0. The van der Waals surface area contributed by atoms with Crippen molar-refractivity contribution in [1.29, 1.82) is 0 Å². The van der Waals surface area contributed by atoms with Gasteiger partial charge in [-0.2, -0.15) is 10.2 Å². The lowest BCUT2D eigenvalue weighted by Crippen LogP contribution is -2.44. The molecule has 162 valence electrons. The topological polar surface area (TPSA) is 87.1 Å². The second-order valence-electron chi connectivity index (χ2n) is 8.85. The van der Waals surface area contributed by atoms with Crippen molar-refractivity contribution in [3.05, 3.63) is 39.6 Å². The first-order chi connectivity index (χ1) is 14.4. The van der Waals surface area contributed by atoms with Gasteiger partial charge < -0.3 is 9.80 Å². The van der Waals surface area contributed by atoms with E-state index in [-0.39, 0.29) is 23.6 Å². The van der Waals surface area contributed by atoms with Crippen LogP contribution in [-0.4, -0.2) is 57.0 Å². The van der Waals surface area contributed by atoms with E-state index in [1.165, 1.54) is 17.7 Å². The summed E-state index contributed by atoms with van der Waals surface area (Å²) in [5.41, 5.74) is 4.04. The maximum Gasteiger partial charge on any atom is 0.269 e. The molecule has 0 bridgehead atoms. The summed E-state index contributed by atoms with van der Waals surface area (Å²) in [5, 5.41) is 12.0. The Labute approximate surface area is 177 Å². The minimum atomic E-state index is -0.110. The van der Waals surface area contributed by atoms with Crippen molar-refractivity contribution in [3.8, 4) is 0 Å².